The van der Waals surface area contributed by atoms with Crippen LogP contribution in [0.2, 0.25) is 0 Å². The van der Waals surface area contributed by atoms with E-state index in [0.29, 0.717) is 14.5 Å². The first-order chi connectivity index (χ1) is 16.1. The Bertz CT molecular complexity index is 1230. The number of rotatable bonds is 6. The summed E-state index contributed by atoms with van der Waals surface area (Å²) < 4.78 is 39.6. The third-order valence-corrected chi connectivity index (χ3v) is 6.91. The second-order valence-corrected chi connectivity index (χ2v) is 10.0. The Morgan fingerprint density at radius 3 is 2.15 bits per heavy atom. The van der Waals surface area contributed by atoms with Crippen LogP contribution in [0.3, 0.4) is 0 Å². The molecule has 34 heavy (non-hydrogen) atoms. The molecule has 176 valence electrons. The van der Waals surface area contributed by atoms with E-state index in [0.717, 1.165) is 17.0 Å². The number of imide groups is 1. The predicted octanol–water partition coefficient (Wildman–Crippen LogP) is 5.18. The van der Waals surface area contributed by atoms with Gasteiger partial charge in [0.25, 0.3) is 11.8 Å². The zero-order valence-corrected chi connectivity index (χ0v) is 20.1. The van der Waals surface area contributed by atoms with Crippen LogP contribution < -0.4 is 4.90 Å². The molecule has 1 aromatic heterocycles. The third-order valence-electron chi connectivity index (χ3n) is 5.41. The molecule has 0 N–H and O–H groups in total. The highest BCUT2D eigenvalue weighted by atomic mass is 79.9. The van der Waals surface area contributed by atoms with Gasteiger partial charge in [-0.2, -0.15) is 13.2 Å². The topological polar surface area (TPSA) is 70.6 Å². The number of nitrogens with zero attached hydrogens (tertiary/aromatic N) is 3. The summed E-state index contributed by atoms with van der Waals surface area (Å²) in [6.45, 7) is 1.27. The van der Waals surface area contributed by atoms with E-state index in [1.807, 2.05) is 0 Å². The van der Waals surface area contributed by atoms with Crippen molar-refractivity contribution in [3.05, 3.63) is 80.8 Å². The van der Waals surface area contributed by atoms with Gasteiger partial charge in [0, 0.05) is 13.5 Å². The number of aromatic nitrogens is 1. The Balaban J connectivity index is 1.70. The third kappa shape index (κ3) is 4.76. The number of alkyl halides is 3. The molecule has 3 amide bonds. The van der Waals surface area contributed by atoms with Crippen LogP contribution in [0.15, 0.2) is 58.5 Å². The van der Waals surface area contributed by atoms with Gasteiger partial charge in [0.05, 0.1) is 32.7 Å². The number of hydrogen-bond donors (Lipinski definition) is 0. The van der Waals surface area contributed by atoms with Crippen molar-refractivity contribution < 1.29 is 27.6 Å². The van der Waals surface area contributed by atoms with Gasteiger partial charge in [0.2, 0.25) is 5.91 Å². The van der Waals surface area contributed by atoms with Crippen LogP contribution >= 0.6 is 27.3 Å². The summed E-state index contributed by atoms with van der Waals surface area (Å²) in [5, 5.41) is 0.369. The predicted molar refractivity (Wildman–Crippen MR) is 124 cm³/mol. The number of hydrogen-bond acceptors (Lipinski definition) is 5. The average molecular weight is 552 g/mol. The highest BCUT2D eigenvalue weighted by Crippen LogP contribution is 2.32. The zero-order chi connectivity index (χ0) is 24.6. The van der Waals surface area contributed by atoms with Crippen LogP contribution in [0.5, 0.6) is 0 Å². The first kappa shape index (κ1) is 24.1. The Morgan fingerprint density at radius 1 is 1.09 bits per heavy atom. The zero-order valence-electron chi connectivity index (χ0n) is 17.7. The van der Waals surface area contributed by atoms with E-state index in [-0.39, 0.29) is 30.0 Å². The summed E-state index contributed by atoms with van der Waals surface area (Å²) in [7, 11) is 0. The van der Waals surface area contributed by atoms with E-state index in [2.05, 4.69) is 20.9 Å². The van der Waals surface area contributed by atoms with Crippen LogP contribution in [0.4, 0.5) is 18.3 Å². The molecular weight excluding hydrogens is 535 g/mol. The van der Waals surface area contributed by atoms with Crippen molar-refractivity contribution in [3.63, 3.8) is 0 Å². The summed E-state index contributed by atoms with van der Waals surface area (Å²) in [5.74, 6) is -1.38. The van der Waals surface area contributed by atoms with Gasteiger partial charge in [-0.25, -0.2) is 4.98 Å². The Labute approximate surface area is 205 Å². The van der Waals surface area contributed by atoms with Gasteiger partial charge in [-0.3, -0.25) is 24.2 Å². The van der Waals surface area contributed by atoms with Crippen LogP contribution in [-0.4, -0.2) is 40.2 Å². The van der Waals surface area contributed by atoms with Gasteiger partial charge in [-0.05, 0) is 52.2 Å². The first-order valence-corrected chi connectivity index (χ1v) is 11.7. The van der Waals surface area contributed by atoms with Gasteiger partial charge in [-0.15, -0.1) is 0 Å². The maximum absolute atomic E-state index is 13.1. The fourth-order valence-electron chi connectivity index (χ4n) is 3.80. The fourth-order valence-corrected chi connectivity index (χ4v) is 5.04. The largest absolute Gasteiger partial charge is 0.416 e. The van der Waals surface area contributed by atoms with Crippen molar-refractivity contribution in [3.8, 4) is 0 Å². The minimum atomic E-state index is -4.48. The molecule has 3 aromatic rings. The molecule has 0 bridgehead atoms. The van der Waals surface area contributed by atoms with Crippen LogP contribution in [-0.2, 0) is 17.4 Å². The van der Waals surface area contributed by atoms with E-state index in [1.165, 1.54) is 41.5 Å². The molecule has 0 unspecified atom stereocenters. The van der Waals surface area contributed by atoms with E-state index in [4.69, 9.17) is 0 Å². The maximum Gasteiger partial charge on any atom is 0.416 e. The lowest BCUT2D eigenvalue weighted by Crippen LogP contribution is -2.49. The highest BCUT2D eigenvalue weighted by Gasteiger charge is 2.41. The van der Waals surface area contributed by atoms with Crippen molar-refractivity contribution in [1.82, 2.24) is 9.88 Å². The van der Waals surface area contributed by atoms with Gasteiger partial charge in [-0.1, -0.05) is 35.6 Å². The first-order valence-electron chi connectivity index (χ1n) is 10.1. The summed E-state index contributed by atoms with van der Waals surface area (Å²) >= 11 is 4.51. The normalized spacial score (nSPS) is 14.3. The lowest BCUT2D eigenvalue weighted by atomic mass is 10.0. The fraction of sp³-hybridized carbons (Fsp3) is 0.217. The van der Waals surface area contributed by atoms with Gasteiger partial charge in [0.15, 0.2) is 5.13 Å². The van der Waals surface area contributed by atoms with E-state index < -0.39 is 29.6 Å². The summed E-state index contributed by atoms with van der Waals surface area (Å²) in [4.78, 5) is 45.4. The monoisotopic (exact) mass is 551 g/mol. The molecule has 1 aliphatic heterocycles. The minimum Gasteiger partial charge on any atom is -0.286 e. The number of carbonyl (C=O) groups excluding carboxylic acids is 3. The summed E-state index contributed by atoms with van der Waals surface area (Å²) in [6, 6.07) is 10.1. The molecule has 0 spiro atoms. The van der Waals surface area contributed by atoms with E-state index in [9.17, 15) is 27.6 Å². The molecule has 0 saturated carbocycles. The van der Waals surface area contributed by atoms with Gasteiger partial charge < -0.3 is 0 Å². The number of fused-ring (bicyclic) bond motifs is 1. The number of amides is 3. The number of halogens is 4. The molecule has 2 aromatic carbocycles. The van der Waals surface area contributed by atoms with E-state index >= 15 is 0 Å². The summed E-state index contributed by atoms with van der Waals surface area (Å²) in [6.07, 6.45) is -2.90. The molecule has 2 heterocycles. The summed E-state index contributed by atoms with van der Waals surface area (Å²) in [5.41, 5.74) is 0.178. The van der Waals surface area contributed by atoms with Crippen molar-refractivity contribution in [2.45, 2.75) is 25.6 Å². The average Bonchev–Trinajstić information content (AvgIpc) is 3.32. The molecule has 4 rings (SSSR count). The lowest BCUT2D eigenvalue weighted by molar-refractivity contribution is -0.137. The van der Waals surface area contributed by atoms with Crippen LogP contribution in [0, 0.1) is 0 Å². The second kappa shape index (κ2) is 9.30. The van der Waals surface area contributed by atoms with Gasteiger partial charge in [0.1, 0.15) is 0 Å². The molecule has 0 aliphatic carbocycles. The molecule has 0 fully saturated rings. The number of thiazole rings is 1. The molecule has 1 atom stereocenters. The van der Waals surface area contributed by atoms with Crippen LogP contribution in [0.25, 0.3) is 0 Å². The number of carbonyl (C=O) groups is 3. The second-order valence-electron chi connectivity index (χ2n) is 7.66. The quantitative estimate of drug-likeness (QED) is 0.395. The molecule has 11 heteroatoms. The Kier molecular flexibility index (Phi) is 6.59. The molecule has 1 aliphatic rings. The van der Waals surface area contributed by atoms with Crippen molar-refractivity contribution >= 4 is 50.1 Å². The molecule has 6 nitrogen and oxygen atoms in total. The Hall–Kier alpha value is -3.05. The minimum absolute atomic E-state index is 0.0555. The van der Waals surface area contributed by atoms with Crippen molar-refractivity contribution in [2.75, 3.05) is 11.4 Å². The standard InChI is InChI=1S/C23H17BrF3N3O3S/c1-13(31)29(22-28-11-19(24)34-22)12-16(10-14-6-8-15(9-7-14)23(25,26)27)30-20(32)17-4-2-3-5-18(17)21(30)33/h2-9,11,16H,10,12H2,1H3/t16-/m0/s1. The molecular formula is C23H17BrF3N3O3S. The molecule has 0 radical (unpaired) electrons. The lowest BCUT2D eigenvalue weighted by Gasteiger charge is -2.31. The van der Waals surface area contributed by atoms with Crippen LogP contribution in [0.1, 0.15) is 38.8 Å². The van der Waals surface area contributed by atoms with Crippen molar-refractivity contribution in [1.29, 1.82) is 0 Å². The number of benzene rings is 2. The highest BCUT2D eigenvalue weighted by molar-refractivity contribution is 9.11. The number of anilines is 1. The maximum atomic E-state index is 13.1. The SMILES string of the molecule is CC(=O)N(C[C@H](Cc1ccc(C(F)(F)F)cc1)N1C(=O)c2ccccc2C1=O)c1ncc(Br)s1. The van der Waals surface area contributed by atoms with E-state index in [1.54, 1.807) is 24.3 Å². The smallest absolute Gasteiger partial charge is 0.286 e. The molecule has 0 saturated heterocycles. The Morgan fingerprint density at radius 2 is 1.68 bits per heavy atom. The van der Waals surface area contributed by atoms with Crippen molar-refractivity contribution in [2.24, 2.45) is 0 Å². The van der Waals surface area contributed by atoms with Gasteiger partial charge >= 0.3 is 6.18 Å².